The minimum atomic E-state index is -1.05. The van der Waals surface area contributed by atoms with Crippen molar-refractivity contribution in [3.63, 3.8) is 0 Å². The normalized spacial score (nSPS) is 18.8. The molecule has 2 N–H and O–H groups in total. The smallest absolute Gasteiger partial charge is 0.329 e. The van der Waals surface area contributed by atoms with Gasteiger partial charge in [0.15, 0.2) is 0 Å². The quantitative estimate of drug-likeness (QED) is 0.894. The molecule has 1 heterocycles. The van der Waals surface area contributed by atoms with Crippen LogP contribution in [0.3, 0.4) is 0 Å². The highest BCUT2D eigenvalue weighted by molar-refractivity contribution is 7.16. The minimum Gasteiger partial charge on any atom is -0.480 e. The van der Waals surface area contributed by atoms with Crippen molar-refractivity contribution in [3.05, 3.63) is 21.3 Å². The predicted molar refractivity (Wildman–Crippen MR) is 70.1 cm³/mol. The summed E-state index contributed by atoms with van der Waals surface area (Å²) < 4.78 is 0.626. The summed E-state index contributed by atoms with van der Waals surface area (Å²) in [6, 6.07) is 3.53. The lowest BCUT2D eigenvalue weighted by Gasteiger charge is -2.38. The zero-order chi connectivity index (χ0) is 13.3. The second-order valence-electron chi connectivity index (χ2n) is 4.59. The number of carboxylic acids is 1. The molecule has 0 aromatic carbocycles. The largest absolute Gasteiger partial charge is 0.480 e. The maximum atomic E-state index is 12.1. The van der Waals surface area contributed by atoms with E-state index < -0.39 is 11.5 Å². The van der Waals surface area contributed by atoms with Crippen molar-refractivity contribution in [2.45, 2.75) is 37.6 Å². The first-order chi connectivity index (χ1) is 8.44. The summed E-state index contributed by atoms with van der Waals surface area (Å²) in [7, 11) is 0. The van der Waals surface area contributed by atoms with Crippen LogP contribution in [-0.2, 0) is 9.59 Å². The van der Waals surface area contributed by atoms with Crippen LogP contribution in [0.2, 0.25) is 4.34 Å². The summed E-state index contributed by atoms with van der Waals surface area (Å²) in [6.07, 6.45) is 1.85. The molecule has 1 unspecified atom stereocenters. The van der Waals surface area contributed by atoms with Gasteiger partial charge in [-0.15, -0.1) is 11.3 Å². The number of amides is 1. The standard InChI is InChI=1S/C12H14ClNO3S/c1-7(8-3-4-9(13)18-8)10(15)14-12(11(16)17)5-2-6-12/h3-4,7H,2,5-6H2,1H3,(H,14,15)(H,16,17). The van der Waals surface area contributed by atoms with Gasteiger partial charge in [-0.2, -0.15) is 0 Å². The Morgan fingerprint density at radius 3 is 2.56 bits per heavy atom. The van der Waals surface area contributed by atoms with Crippen LogP contribution in [0.15, 0.2) is 12.1 Å². The monoisotopic (exact) mass is 287 g/mol. The number of thiophene rings is 1. The second-order valence-corrected chi connectivity index (χ2v) is 6.34. The van der Waals surface area contributed by atoms with E-state index in [4.69, 9.17) is 16.7 Å². The van der Waals surface area contributed by atoms with Crippen LogP contribution in [-0.4, -0.2) is 22.5 Å². The Morgan fingerprint density at radius 1 is 1.50 bits per heavy atom. The Hall–Kier alpha value is -1.07. The molecule has 0 saturated heterocycles. The molecule has 4 nitrogen and oxygen atoms in total. The second kappa shape index (κ2) is 4.90. The summed E-state index contributed by atoms with van der Waals surface area (Å²) in [4.78, 5) is 24.1. The average Bonchev–Trinajstić information content (AvgIpc) is 2.68. The summed E-state index contributed by atoms with van der Waals surface area (Å²) >= 11 is 7.17. The molecular formula is C12H14ClNO3S. The fraction of sp³-hybridized carbons (Fsp3) is 0.500. The fourth-order valence-electron chi connectivity index (χ4n) is 1.96. The van der Waals surface area contributed by atoms with E-state index in [1.165, 1.54) is 11.3 Å². The molecule has 18 heavy (non-hydrogen) atoms. The number of halogens is 1. The third kappa shape index (κ3) is 2.37. The van der Waals surface area contributed by atoms with Crippen LogP contribution in [0, 0.1) is 0 Å². The van der Waals surface area contributed by atoms with E-state index in [0.29, 0.717) is 17.2 Å². The zero-order valence-electron chi connectivity index (χ0n) is 9.90. The Morgan fingerprint density at radius 2 is 2.17 bits per heavy atom. The van der Waals surface area contributed by atoms with Gasteiger partial charge < -0.3 is 10.4 Å². The topological polar surface area (TPSA) is 66.4 Å². The predicted octanol–water partition coefficient (Wildman–Crippen LogP) is 2.63. The number of rotatable bonds is 4. The molecule has 1 atom stereocenters. The van der Waals surface area contributed by atoms with Crippen LogP contribution >= 0.6 is 22.9 Å². The maximum Gasteiger partial charge on any atom is 0.329 e. The van der Waals surface area contributed by atoms with E-state index in [2.05, 4.69) is 5.32 Å². The first-order valence-electron chi connectivity index (χ1n) is 5.75. The van der Waals surface area contributed by atoms with Gasteiger partial charge in [0.2, 0.25) is 5.91 Å². The first kappa shape index (κ1) is 13.4. The van der Waals surface area contributed by atoms with Gasteiger partial charge in [0.1, 0.15) is 5.54 Å². The van der Waals surface area contributed by atoms with E-state index in [1.54, 1.807) is 19.1 Å². The van der Waals surface area contributed by atoms with E-state index in [9.17, 15) is 9.59 Å². The van der Waals surface area contributed by atoms with Crippen LogP contribution in [0.25, 0.3) is 0 Å². The van der Waals surface area contributed by atoms with Crippen molar-refractivity contribution in [1.82, 2.24) is 5.32 Å². The molecule has 0 spiro atoms. The van der Waals surface area contributed by atoms with E-state index in [1.807, 2.05) is 0 Å². The van der Waals surface area contributed by atoms with Crippen molar-refractivity contribution in [1.29, 1.82) is 0 Å². The molecule has 0 bridgehead atoms. The van der Waals surface area contributed by atoms with E-state index >= 15 is 0 Å². The zero-order valence-corrected chi connectivity index (χ0v) is 11.5. The number of carboxylic acid groups (broad SMARTS) is 1. The van der Waals surface area contributed by atoms with Gasteiger partial charge in [-0.1, -0.05) is 11.6 Å². The van der Waals surface area contributed by atoms with Gasteiger partial charge >= 0.3 is 5.97 Å². The Kier molecular flexibility index (Phi) is 3.64. The molecule has 1 aliphatic carbocycles. The van der Waals surface area contributed by atoms with Gasteiger partial charge in [0, 0.05) is 4.88 Å². The van der Waals surface area contributed by atoms with Crippen molar-refractivity contribution in [3.8, 4) is 0 Å². The van der Waals surface area contributed by atoms with Crippen molar-refractivity contribution in [2.24, 2.45) is 0 Å². The molecule has 1 amide bonds. The van der Waals surface area contributed by atoms with Gasteiger partial charge in [0.05, 0.1) is 10.3 Å². The minimum absolute atomic E-state index is 0.254. The molecular weight excluding hydrogens is 274 g/mol. The van der Waals surface area contributed by atoms with Gasteiger partial charge in [0.25, 0.3) is 0 Å². The highest BCUT2D eigenvalue weighted by atomic mass is 35.5. The molecule has 1 fully saturated rings. The number of aliphatic carboxylic acids is 1. The summed E-state index contributed by atoms with van der Waals surface area (Å²) in [5, 5.41) is 11.8. The number of hydrogen-bond acceptors (Lipinski definition) is 3. The fourth-order valence-corrected chi connectivity index (χ4v) is 3.07. The SMILES string of the molecule is CC(C(=O)NC1(C(=O)O)CCC1)c1ccc(Cl)s1. The molecule has 98 valence electrons. The molecule has 1 aromatic heterocycles. The summed E-state index contributed by atoms with van der Waals surface area (Å²) in [6.45, 7) is 1.76. The lowest BCUT2D eigenvalue weighted by molar-refractivity contribution is -0.152. The van der Waals surface area contributed by atoms with Gasteiger partial charge in [-0.05, 0) is 38.3 Å². The van der Waals surface area contributed by atoms with Crippen molar-refractivity contribution < 1.29 is 14.7 Å². The summed E-state index contributed by atoms with van der Waals surface area (Å²) in [5.74, 6) is -1.58. The van der Waals surface area contributed by atoms with Crippen molar-refractivity contribution >= 4 is 34.8 Å². The lowest BCUT2D eigenvalue weighted by Crippen LogP contribution is -2.59. The number of nitrogens with one attached hydrogen (secondary N) is 1. The van der Waals surface area contributed by atoms with Crippen molar-refractivity contribution in [2.75, 3.05) is 0 Å². The van der Waals surface area contributed by atoms with Crippen LogP contribution in [0.1, 0.15) is 37.0 Å². The highest BCUT2D eigenvalue weighted by Crippen LogP contribution is 2.34. The van der Waals surface area contributed by atoms with Gasteiger partial charge in [-0.3, -0.25) is 4.79 Å². The lowest BCUT2D eigenvalue weighted by atomic mass is 9.76. The molecule has 1 saturated carbocycles. The first-order valence-corrected chi connectivity index (χ1v) is 6.95. The molecule has 0 aliphatic heterocycles. The van der Waals surface area contributed by atoms with E-state index in [0.717, 1.165) is 11.3 Å². The number of carbonyl (C=O) groups excluding carboxylic acids is 1. The molecule has 0 radical (unpaired) electrons. The third-order valence-electron chi connectivity index (χ3n) is 3.39. The Balaban J connectivity index is 2.06. The Bertz CT molecular complexity index is 481. The molecule has 1 aliphatic rings. The highest BCUT2D eigenvalue weighted by Gasteiger charge is 2.46. The van der Waals surface area contributed by atoms with Crippen LogP contribution in [0.5, 0.6) is 0 Å². The van der Waals surface area contributed by atoms with E-state index in [-0.39, 0.29) is 11.8 Å². The maximum absolute atomic E-state index is 12.1. The molecule has 2 rings (SSSR count). The van der Waals surface area contributed by atoms with Gasteiger partial charge in [-0.25, -0.2) is 4.79 Å². The molecule has 1 aromatic rings. The third-order valence-corrected chi connectivity index (χ3v) is 4.81. The summed E-state index contributed by atoms with van der Waals surface area (Å²) in [5.41, 5.74) is -1.05. The number of hydrogen-bond donors (Lipinski definition) is 2. The molecule has 6 heteroatoms. The Labute approximate surface area is 114 Å². The average molecular weight is 288 g/mol. The van der Waals surface area contributed by atoms with Crippen LogP contribution < -0.4 is 5.32 Å². The number of carbonyl (C=O) groups is 2. The van der Waals surface area contributed by atoms with Crippen LogP contribution in [0.4, 0.5) is 0 Å².